The predicted molar refractivity (Wildman–Crippen MR) is 81.3 cm³/mol. The highest BCUT2D eigenvalue weighted by molar-refractivity contribution is 6.31. The van der Waals surface area contributed by atoms with Crippen LogP contribution in [0.5, 0.6) is 0 Å². The number of rotatable bonds is 8. The van der Waals surface area contributed by atoms with Crippen molar-refractivity contribution >= 4 is 11.6 Å². The van der Waals surface area contributed by atoms with E-state index in [0.717, 1.165) is 17.9 Å². The van der Waals surface area contributed by atoms with Crippen LogP contribution in [0.2, 0.25) is 5.02 Å². The Morgan fingerprint density at radius 2 is 2.11 bits per heavy atom. The topological polar surface area (TPSA) is 12.0 Å². The van der Waals surface area contributed by atoms with Crippen molar-refractivity contribution in [3.05, 3.63) is 47.0 Å². The molecule has 0 amide bonds. The molecule has 1 unspecified atom stereocenters. The zero-order valence-electron chi connectivity index (χ0n) is 11.5. The molecule has 1 aromatic carbocycles. The van der Waals surface area contributed by atoms with E-state index in [1.165, 1.54) is 30.4 Å². The molecule has 18 heavy (non-hydrogen) atoms. The molecule has 100 valence electrons. The first-order valence-electron chi connectivity index (χ1n) is 6.74. The van der Waals surface area contributed by atoms with Gasteiger partial charge < -0.3 is 5.32 Å². The molecule has 2 heteroatoms. The molecular formula is C16H24ClN. The molecule has 0 aliphatic rings. The van der Waals surface area contributed by atoms with Gasteiger partial charge in [-0.1, -0.05) is 42.7 Å². The fourth-order valence-corrected chi connectivity index (χ4v) is 2.45. The maximum atomic E-state index is 6.18. The maximum Gasteiger partial charge on any atom is 0.0438 e. The van der Waals surface area contributed by atoms with E-state index in [1.807, 2.05) is 25.3 Å². The van der Waals surface area contributed by atoms with E-state index in [9.17, 15) is 0 Å². The summed E-state index contributed by atoms with van der Waals surface area (Å²) >= 11 is 6.18. The van der Waals surface area contributed by atoms with Crippen LogP contribution in [0, 0.1) is 6.92 Å². The normalized spacial score (nSPS) is 12.4. The lowest BCUT2D eigenvalue weighted by Gasteiger charge is -2.19. The summed E-state index contributed by atoms with van der Waals surface area (Å²) in [5.74, 6) is 0. The second kappa shape index (κ2) is 8.34. The molecular weight excluding hydrogens is 242 g/mol. The number of hydrogen-bond donors (Lipinski definition) is 1. The summed E-state index contributed by atoms with van der Waals surface area (Å²) in [7, 11) is 2.02. The van der Waals surface area contributed by atoms with Crippen LogP contribution in [-0.2, 0) is 0 Å². The van der Waals surface area contributed by atoms with E-state index in [1.54, 1.807) is 0 Å². The van der Waals surface area contributed by atoms with Crippen LogP contribution in [0.1, 0.15) is 49.3 Å². The summed E-state index contributed by atoms with van der Waals surface area (Å²) in [6.45, 7) is 5.85. The number of nitrogens with one attached hydrogen (secondary N) is 1. The van der Waals surface area contributed by atoms with Crippen molar-refractivity contribution in [3.8, 4) is 0 Å². The lowest BCUT2D eigenvalue weighted by Crippen LogP contribution is -2.17. The van der Waals surface area contributed by atoms with Crippen LogP contribution in [0.25, 0.3) is 0 Å². The van der Waals surface area contributed by atoms with E-state index >= 15 is 0 Å². The predicted octanol–water partition coefficient (Wildman–Crippen LogP) is 5.05. The summed E-state index contributed by atoms with van der Waals surface area (Å²) in [6.07, 6.45) is 8.04. The lowest BCUT2D eigenvalue weighted by molar-refractivity contribution is 0.506. The van der Waals surface area contributed by atoms with E-state index < -0.39 is 0 Å². The number of allylic oxidation sites excluding steroid dienone is 1. The van der Waals surface area contributed by atoms with E-state index in [2.05, 4.69) is 24.9 Å². The molecule has 0 bridgehead atoms. The fraction of sp³-hybridized carbons (Fsp3) is 0.500. The zero-order chi connectivity index (χ0) is 13.4. The molecule has 0 heterocycles. The highest BCUT2D eigenvalue weighted by Crippen LogP contribution is 2.27. The molecule has 0 saturated heterocycles. The summed E-state index contributed by atoms with van der Waals surface area (Å²) in [4.78, 5) is 0. The Kier molecular flexibility index (Phi) is 7.07. The molecule has 0 aliphatic heterocycles. The molecule has 1 nitrogen and oxygen atoms in total. The van der Waals surface area contributed by atoms with Gasteiger partial charge in [0.2, 0.25) is 0 Å². The van der Waals surface area contributed by atoms with Crippen LogP contribution in [0.15, 0.2) is 30.9 Å². The van der Waals surface area contributed by atoms with E-state index in [0.29, 0.717) is 6.04 Å². The zero-order valence-corrected chi connectivity index (χ0v) is 12.3. The lowest BCUT2D eigenvalue weighted by atomic mass is 9.96. The highest BCUT2D eigenvalue weighted by atomic mass is 35.5. The summed E-state index contributed by atoms with van der Waals surface area (Å²) in [5.41, 5.74) is 2.53. The van der Waals surface area contributed by atoms with Gasteiger partial charge in [0, 0.05) is 11.1 Å². The van der Waals surface area contributed by atoms with Crippen LogP contribution in [-0.4, -0.2) is 7.05 Å². The summed E-state index contributed by atoms with van der Waals surface area (Å²) in [6, 6.07) is 6.57. The van der Waals surface area contributed by atoms with Gasteiger partial charge >= 0.3 is 0 Å². The smallest absolute Gasteiger partial charge is 0.0438 e. The molecule has 1 N–H and O–H groups in total. The third-order valence-electron chi connectivity index (χ3n) is 3.43. The van der Waals surface area contributed by atoms with Gasteiger partial charge in [-0.25, -0.2) is 0 Å². The standard InChI is InChI=1S/C16H24ClN/c1-4-5-6-7-8-12-16(18-3)14-10-9-11-15(17)13(14)2/h4,9-11,16,18H,1,5-8,12H2,2-3H3. The second-order valence-electron chi connectivity index (χ2n) is 4.72. The van der Waals surface area contributed by atoms with Gasteiger partial charge in [0.05, 0.1) is 0 Å². The van der Waals surface area contributed by atoms with Crippen molar-refractivity contribution in [2.75, 3.05) is 7.05 Å². The Morgan fingerprint density at radius 3 is 2.78 bits per heavy atom. The van der Waals surface area contributed by atoms with Gasteiger partial charge in [0.25, 0.3) is 0 Å². The Morgan fingerprint density at radius 1 is 1.33 bits per heavy atom. The van der Waals surface area contributed by atoms with Crippen LogP contribution >= 0.6 is 11.6 Å². The summed E-state index contributed by atoms with van der Waals surface area (Å²) < 4.78 is 0. The first-order chi connectivity index (χ1) is 8.70. The highest BCUT2D eigenvalue weighted by Gasteiger charge is 2.12. The van der Waals surface area contributed by atoms with Gasteiger partial charge in [-0.3, -0.25) is 0 Å². The Balaban J connectivity index is 2.55. The van der Waals surface area contributed by atoms with Crippen LogP contribution in [0.3, 0.4) is 0 Å². The van der Waals surface area contributed by atoms with Gasteiger partial charge in [-0.05, 0) is 50.4 Å². The Labute approximate surface area is 116 Å². The molecule has 0 radical (unpaired) electrons. The minimum Gasteiger partial charge on any atom is -0.313 e. The number of unbranched alkanes of at least 4 members (excludes halogenated alkanes) is 3. The maximum absolute atomic E-state index is 6.18. The number of hydrogen-bond acceptors (Lipinski definition) is 1. The molecule has 1 aromatic rings. The molecule has 0 saturated carbocycles. The van der Waals surface area contributed by atoms with E-state index in [-0.39, 0.29) is 0 Å². The second-order valence-corrected chi connectivity index (χ2v) is 5.13. The monoisotopic (exact) mass is 265 g/mol. The SMILES string of the molecule is C=CCCCCCC(NC)c1cccc(Cl)c1C. The first-order valence-corrected chi connectivity index (χ1v) is 7.11. The first kappa shape index (κ1) is 15.3. The van der Waals surface area contributed by atoms with Crippen molar-refractivity contribution in [2.45, 2.75) is 45.1 Å². The van der Waals surface area contributed by atoms with Crippen molar-refractivity contribution in [1.29, 1.82) is 0 Å². The third kappa shape index (κ3) is 4.47. The molecule has 0 aliphatic carbocycles. The average molecular weight is 266 g/mol. The van der Waals surface area contributed by atoms with Crippen LogP contribution in [0.4, 0.5) is 0 Å². The van der Waals surface area contributed by atoms with Gasteiger partial charge in [-0.15, -0.1) is 6.58 Å². The molecule has 1 atom stereocenters. The van der Waals surface area contributed by atoms with Crippen molar-refractivity contribution in [1.82, 2.24) is 5.32 Å². The largest absolute Gasteiger partial charge is 0.313 e. The Bertz CT molecular complexity index is 373. The molecule has 0 aromatic heterocycles. The van der Waals surface area contributed by atoms with Crippen LogP contribution < -0.4 is 5.32 Å². The van der Waals surface area contributed by atoms with Crippen molar-refractivity contribution < 1.29 is 0 Å². The number of halogens is 1. The Hall–Kier alpha value is -0.790. The molecule has 0 spiro atoms. The number of benzene rings is 1. The summed E-state index contributed by atoms with van der Waals surface area (Å²) in [5, 5.41) is 4.26. The van der Waals surface area contributed by atoms with Gasteiger partial charge in [0.15, 0.2) is 0 Å². The van der Waals surface area contributed by atoms with Crippen molar-refractivity contribution in [3.63, 3.8) is 0 Å². The fourth-order valence-electron chi connectivity index (χ4n) is 2.27. The third-order valence-corrected chi connectivity index (χ3v) is 3.84. The van der Waals surface area contributed by atoms with E-state index in [4.69, 9.17) is 11.6 Å². The average Bonchev–Trinajstić information content (AvgIpc) is 2.38. The molecule has 1 rings (SSSR count). The van der Waals surface area contributed by atoms with Gasteiger partial charge in [-0.2, -0.15) is 0 Å². The van der Waals surface area contributed by atoms with Gasteiger partial charge in [0.1, 0.15) is 0 Å². The molecule has 0 fully saturated rings. The minimum absolute atomic E-state index is 0.410. The minimum atomic E-state index is 0.410. The van der Waals surface area contributed by atoms with Crippen molar-refractivity contribution in [2.24, 2.45) is 0 Å². The quantitative estimate of drug-likeness (QED) is 0.513.